The highest BCUT2D eigenvalue weighted by atomic mass is 16.3. The molecule has 4 nitrogen and oxygen atoms in total. The Kier molecular flexibility index (Phi) is 4.81. The SMILES string of the molecule is CCn1cc(/C=C2\C[C@H]3[C@@H]4CC[C@@H]5C[C@@H](O)CC[C@]5(C)[C@H]4CC[C@]3(C)C2=O)c(C)n1. The lowest BCUT2D eigenvalue weighted by atomic mass is 9.45. The van der Waals surface area contributed by atoms with E-state index in [1.807, 2.05) is 11.6 Å². The summed E-state index contributed by atoms with van der Waals surface area (Å²) < 4.78 is 1.96. The number of aliphatic hydroxyl groups is 1. The maximum Gasteiger partial charge on any atom is 0.165 e. The minimum atomic E-state index is -0.182. The standard InChI is InChI=1S/C26H38N2O2/c1-5-28-15-18(16(2)27-28)12-17-13-23-21-7-6-19-14-20(29)8-10-25(19,3)22(21)9-11-26(23,4)24(17)30/h12,15,19-23,29H,5-11,13-14H2,1-4H3/b17-12+/t19-,20+,21-,22+,23+,25+,26+/m1/s1. The molecular formula is C26H38N2O2. The highest BCUT2D eigenvalue weighted by molar-refractivity contribution is 6.06. The second kappa shape index (κ2) is 7.05. The Labute approximate surface area is 181 Å². The molecule has 0 unspecified atom stereocenters. The number of aryl methyl sites for hydroxylation is 2. The third kappa shape index (κ3) is 2.89. The molecule has 1 aromatic heterocycles. The molecule has 0 aliphatic heterocycles. The summed E-state index contributed by atoms with van der Waals surface area (Å²) in [5, 5.41) is 14.8. The number of fused-ring (bicyclic) bond motifs is 5. The van der Waals surface area contributed by atoms with Crippen LogP contribution in [0.3, 0.4) is 0 Å². The van der Waals surface area contributed by atoms with Crippen LogP contribution in [0.15, 0.2) is 11.8 Å². The van der Waals surface area contributed by atoms with Gasteiger partial charge in [0.05, 0.1) is 11.8 Å². The number of rotatable bonds is 2. The van der Waals surface area contributed by atoms with Crippen molar-refractivity contribution in [3.8, 4) is 0 Å². The number of aliphatic hydroxyl groups excluding tert-OH is 1. The predicted molar refractivity (Wildman–Crippen MR) is 119 cm³/mol. The Morgan fingerprint density at radius 3 is 2.73 bits per heavy atom. The van der Waals surface area contributed by atoms with E-state index in [1.54, 1.807) is 0 Å². The molecule has 1 aromatic rings. The van der Waals surface area contributed by atoms with Gasteiger partial charge in [-0.15, -0.1) is 0 Å². The Bertz CT molecular complexity index is 886. The van der Waals surface area contributed by atoms with Crippen LogP contribution in [0.25, 0.3) is 6.08 Å². The molecule has 0 bridgehead atoms. The molecule has 5 rings (SSSR count). The van der Waals surface area contributed by atoms with Crippen molar-refractivity contribution in [3.05, 3.63) is 23.0 Å². The topological polar surface area (TPSA) is 55.1 Å². The summed E-state index contributed by atoms with van der Waals surface area (Å²) in [6.45, 7) is 9.78. The lowest BCUT2D eigenvalue weighted by Crippen LogP contribution is -2.54. The average molecular weight is 411 g/mol. The van der Waals surface area contributed by atoms with E-state index in [2.05, 4.69) is 38.1 Å². The summed E-state index contributed by atoms with van der Waals surface area (Å²) in [5.74, 6) is 2.94. The van der Waals surface area contributed by atoms with Crippen LogP contribution in [0, 0.1) is 41.4 Å². The van der Waals surface area contributed by atoms with Crippen LogP contribution < -0.4 is 0 Å². The van der Waals surface area contributed by atoms with Crippen LogP contribution in [0.2, 0.25) is 0 Å². The quantitative estimate of drug-likeness (QED) is 0.684. The number of carbonyl (C=O) groups excluding carboxylic acids is 1. The van der Waals surface area contributed by atoms with Crippen molar-refractivity contribution in [2.75, 3.05) is 0 Å². The van der Waals surface area contributed by atoms with E-state index < -0.39 is 0 Å². The van der Waals surface area contributed by atoms with Gasteiger partial charge in [-0.2, -0.15) is 5.10 Å². The van der Waals surface area contributed by atoms with Gasteiger partial charge in [0, 0.05) is 23.7 Å². The van der Waals surface area contributed by atoms with Crippen molar-refractivity contribution in [1.29, 1.82) is 0 Å². The first-order chi connectivity index (χ1) is 14.3. The molecule has 4 saturated carbocycles. The fourth-order valence-electron chi connectivity index (χ4n) is 8.06. The molecular weight excluding hydrogens is 372 g/mol. The molecule has 7 atom stereocenters. The molecule has 0 saturated heterocycles. The van der Waals surface area contributed by atoms with Crippen molar-refractivity contribution >= 4 is 11.9 Å². The maximum absolute atomic E-state index is 13.6. The highest BCUT2D eigenvalue weighted by Gasteiger charge is 2.61. The lowest BCUT2D eigenvalue weighted by molar-refractivity contribution is -0.141. The number of aromatic nitrogens is 2. The minimum Gasteiger partial charge on any atom is -0.393 e. The Balaban J connectivity index is 1.45. The third-order valence-corrected chi connectivity index (χ3v) is 9.92. The molecule has 0 aromatic carbocycles. The monoisotopic (exact) mass is 410 g/mol. The van der Waals surface area contributed by atoms with Crippen LogP contribution in [-0.4, -0.2) is 26.8 Å². The predicted octanol–water partition coefficient (Wildman–Crippen LogP) is 5.18. The zero-order valence-corrected chi connectivity index (χ0v) is 19.2. The van der Waals surface area contributed by atoms with E-state index in [4.69, 9.17) is 0 Å². The van der Waals surface area contributed by atoms with Crippen molar-refractivity contribution < 1.29 is 9.90 Å². The Morgan fingerprint density at radius 2 is 2.00 bits per heavy atom. The van der Waals surface area contributed by atoms with Gasteiger partial charge >= 0.3 is 0 Å². The van der Waals surface area contributed by atoms with Crippen LogP contribution in [-0.2, 0) is 11.3 Å². The number of carbonyl (C=O) groups is 1. The Hall–Kier alpha value is -1.42. The van der Waals surface area contributed by atoms with E-state index in [-0.39, 0.29) is 11.5 Å². The van der Waals surface area contributed by atoms with Crippen LogP contribution >= 0.6 is 0 Å². The molecule has 4 aliphatic carbocycles. The number of hydrogen-bond donors (Lipinski definition) is 1. The minimum absolute atomic E-state index is 0.0941. The zero-order valence-electron chi connectivity index (χ0n) is 19.2. The molecule has 1 N–H and O–H groups in total. The van der Waals surface area contributed by atoms with Gasteiger partial charge in [0.25, 0.3) is 0 Å². The van der Waals surface area contributed by atoms with Gasteiger partial charge in [0.1, 0.15) is 0 Å². The molecule has 4 fully saturated rings. The van der Waals surface area contributed by atoms with Gasteiger partial charge < -0.3 is 5.11 Å². The van der Waals surface area contributed by atoms with E-state index in [1.165, 1.54) is 19.3 Å². The van der Waals surface area contributed by atoms with E-state index in [9.17, 15) is 9.90 Å². The number of nitrogens with zero attached hydrogens (tertiary/aromatic N) is 2. The fraction of sp³-hybridized carbons (Fsp3) is 0.769. The third-order valence-electron chi connectivity index (χ3n) is 9.92. The molecule has 30 heavy (non-hydrogen) atoms. The first kappa shape index (κ1) is 20.5. The Morgan fingerprint density at radius 1 is 1.20 bits per heavy atom. The summed E-state index contributed by atoms with van der Waals surface area (Å²) in [6.07, 6.45) is 12.9. The van der Waals surface area contributed by atoms with E-state index in [0.29, 0.717) is 29.0 Å². The van der Waals surface area contributed by atoms with Crippen molar-refractivity contribution in [3.63, 3.8) is 0 Å². The number of allylic oxidation sites excluding steroid dienone is 1. The van der Waals surface area contributed by atoms with E-state index in [0.717, 1.165) is 61.4 Å². The summed E-state index contributed by atoms with van der Waals surface area (Å²) in [7, 11) is 0. The van der Waals surface area contributed by atoms with Gasteiger partial charge in [0.2, 0.25) is 0 Å². The summed E-state index contributed by atoms with van der Waals surface area (Å²) in [5.41, 5.74) is 3.34. The molecule has 4 aliphatic rings. The van der Waals surface area contributed by atoms with Crippen LogP contribution in [0.4, 0.5) is 0 Å². The molecule has 1 heterocycles. The number of Topliss-reactive ketones (excluding diaryl/α,β-unsaturated/α-hetero) is 1. The largest absolute Gasteiger partial charge is 0.393 e. The molecule has 0 spiro atoms. The fourth-order valence-corrected chi connectivity index (χ4v) is 8.06. The smallest absolute Gasteiger partial charge is 0.165 e. The summed E-state index contributed by atoms with van der Waals surface area (Å²) >= 11 is 0. The second-order valence-electron chi connectivity index (χ2n) is 11.3. The summed E-state index contributed by atoms with van der Waals surface area (Å²) in [6, 6.07) is 0. The normalized spacial score (nSPS) is 44.6. The van der Waals surface area contributed by atoms with Crippen LogP contribution in [0.5, 0.6) is 0 Å². The highest BCUT2D eigenvalue weighted by Crippen LogP contribution is 2.66. The first-order valence-electron chi connectivity index (χ1n) is 12.2. The van der Waals surface area contributed by atoms with Crippen molar-refractivity contribution in [1.82, 2.24) is 9.78 Å². The molecule has 4 heteroatoms. The molecule has 0 radical (unpaired) electrons. The lowest BCUT2D eigenvalue weighted by Gasteiger charge is -2.59. The van der Waals surface area contributed by atoms with Gasteiger partial charge in [-0.3, -0.25) is 9.48 Å². The van der Waals surface area contributed by atoms with E-state index >= 15 is 0 Å². The zero-order chi connectivity index (χ0) is 21.3. The van der Waals surface area contributed by atoms with Crippen molar-refractivity contribution in [2.24, 2.45) is 34.5 Å². The second-order valence-corrected chi connectivity index (χ2v) is 11.3. The molecule has 0 amide bonds. The maximum atomic E-state index is 13.6. The van der Waals surface area contributed by atoms with Gasteiger partial charge in [-0.1, -0.05) is 13.8 Å². The number of ketones is 1. The van der Waals surface area contributed by atoms with Gasteiger partial charge in [0.15, 0.2) is 5.78 Å². The average Bonchev–Trinajstić information content (AvgIpc) is 3.20. The summed E-state index contributed by atoms with van der Waals surface area (Å²) in [4.78, 5) is 13.6. The van der Waals surface area contributed by atoms with Crippen LogP contribution in [0.1, 0.15) is 83.4 Å². The van der Waals surface area contributed by atoms with Gasteiger partial charge in [-0.25, -0.2) is 0 Å². The van der Waals surface area contributed by atoms with Gasteiger partial charge in [-0.05, 0) is 106 Å². The first-order valence-corrected chi connectivity index (χ1v) is 12.2. The van der Waals surface area contributed by atoms with Crippen molar-refractivity contribution in [2.45, 2.75) is 91.7 Å². The number of hydrogen-bond acceptors (Lipinski definition) is 3. The molecule has 164 valence electrons.